The maximum absolute atomic E-state index is 11.8. The van der Waals surface area contributed by atoms with Gasteiger partial charge in [0.2, 0.25) is 6.79 Å². The molecule has 0 saturated carbocycles. The van der Waals surface area contributed by atoms with Crippen LogP contribution >= 0.6 is 15.9 Å². The fourth-order valence-electron chi connectivity index (χ4n) is 4.35. The Hall–Kier alpha value is -2.27. The lowest BCUT2D eigenvalue weighted by molar-refractivity contribution is 0.101. The van der Waals surface area contributed by atoms with Crippen LogP contribution in [0.3, 0.4) is 0 Å². The van der Waals surface area contributed by atoms with Gasteiger partial charge in [-0.3, -0.25) is 4.79 Å². The van der Waals surface area contributed by atoms with Crippen LogP contribution in [0, 0.1) is 5.92 Å². The molecule has 2 aromatic carbocycles. The summed E-state index contributed by atoms with van der Waals surface area (Å²) >= 11 is 3.60. The van der Waals surface area contributed by atoms with Crippen molar-refractivity contribution >= 4 is 27.4 Å². The zero-order chi connectivity index (χ0) is 17.8. The number of nitrogens with one attached hydrogen (secondary N) is 1. The lowest BCUT2D eigenvalue weighted by Gasteiger charge is -2.38. The van der Waals surface area contributed by atoms with E-state index in [1.807, 2.05) is 24.3 Å². The second-order valence-electron chi connectivity index (χ2n) is 7.06. The van der Waals surface area contributed by atoms with Crippen molar-refractivity contribution in [1.82, 2.24) is 0 Å². The molecule has 4 nitrogen and oxygen atoms in total. The van der Waals surface area contributed by atoms with Gasteiger partial charge in [0.1, 0.15) is 0 Å². The van der Waals surface area contributed by atoms with Gasteiger partial charge >= 0.3 is 0 Å². The molecule has 0 radical (unpaired) electrons. The number of rotatable bonds is 2. The zero-order valence-corrected chi connectivity index (χ0v) is 15.9. The largest absolute Gasteiger partial charge is 0.454 e. The van der Waals surface area contributed by atoms with E-state index in [0.29, 0.717) is 11.8 Å². The van der Waals surface area contributed by atoms with Crippen molar-refractivity contribution in [3.63, 3.8) is 0 Å². The zero-order valence-electron chi connectivity index (χ0n) is 14.3. The van der Waals surface area contributed by atoms with Gasteiger partial charge in [-0.05, 0) is 55.2 Å². The minimum atomic E-state index is 0.101. The number of carbonyl (C=O) groups is 1. The first-order valence-electron chi connectivity index (χ1n) is 8.79. The Bertz CT molecular complexity index is 953. The van der Waals surface area contributed by atoms with Crippen LogP contribution in [0.2, 0.25) is 0 Å². The Balaban J connectivity index is 1.62. The number of hydrogen-bond donors (Lipinski definition) is 1. The van der Waals surface area contributed by atoms with E-state index >= 15 is 0 Å². The van der Waals surface area contributed by atoms with E-state index in [1.54, 1.807) is 6.92 Å². The molecule has 2 aliphatic heterocycles. The molecule has 1 N–H and O–H groups in total. The first-order valence-corrected chi connectivity index (χ1v) is 9.58. The third kappa shape index (κ3) is 2.37. The van der Waals surface area contributed by atoms with Crippen LogP contribution in [-0.2, 0) is 0 Å². The van der Waals surface area contributed by atoms with E-state index in [2.05, 4.69) is 39.5 Å². The Labute approximate surface area is 160 Å². The monoisotopic (exact) mass is 411 g/mol. The van der Waals surface area contributed by atoms with Gasteiger partial charge in [0.25, 0.3) is 0 Å². The van der Waals surface area contributed by atoms with Gasteiger partial charge in [-0.25, -0.2) is 0 Å². The molecule has 3 atom stereocenters. The van der Waals surface area contributed by atoms with Crippen LogP contribution in [0.4, 0.5) is 5.69 Å². The molecule has 26 heavy (non-hydrogen) atoms. The highest BCUT2D eigenvalue weighted by molar-refractivity contribution is 9.10. The highest BCUT2D eigenvalue weighted by atomic mass is 79.9. The normalized spacial score (nSPS) is 24.8. The second-order valence-corrected chi connectivity index (χ2v) is 7.98. The smallest absolute Gasteiger partial charge is 0.231 e. The topological polar surface area (TPSA) is 47.6 Å². The second kappa shape index (κ2) is 5.88. The molecule has 0 fully saturated rings. The van der Waals surface area contributed by atoms with Gasteiger partial charge in [-0.15, -0.1) is 0 Å². The Morgan fingerprint density at radius 2 is 2.08 bits per heavy atom. The molecule has 5 heteroatoms. The van der Waals surface area contributed by atoms with Crippen molar-refractivity contribution in [1.29, 1.82) is 0 Å². The molecule has 0 aromatic heterocycles. The van der Waals surface area contributed by atoms with Crippen molar-refractivity contribution in [3.05, 3.63) is 63.6 Å². The molecule has 0 bridgehead atoms. The van der Waals surface area contributed by atoms with E-state index in [1.165, 1.54) is 5.56 Å². The molecule has 0 saturated heterocycles. The standard InChI is InChI=1S/C21H18BrNO3/c1-11(24)12-5-6-18-16(7-12)14-3-2-4-15(14)20(23-18)17-8-13(22)9-19-21(17)26-10-25-19/h2-3,5-9,14-15,20,23H,4,10H2,1H3/t14-,15+,20-/m1/s1. The van der Waals surface area contributed by atoms with E-state index in [4.69, 9.17) is 9.47 Å². The number of ether oxygens (including phenoxy) is 2. The molecule has 5 rings (SSSR count). The highest BCUT2D eigenvalue weighted by Crippen LogP contribution is 2.53. The number of ketones is 1. The Morgan fingerprint density at radius 3 is 2.92 bits per heavy atom. The first-order chi connectivity index (χ1) is 12.6. The fraction of sp³-hybridized carbons (Fsp3) is 0.286. The molecule has 2 heterocycles. The molecule has 2 aromatic rings. The number of allylic oxidation sites excluding steroid dienone is 2. The van der Waals surface area contributed by atoms with Crippen LogP contribution in [-0.4, -0.2) is 12.6 Å². The van der Waals surface area contributed by atoms with E-state index in [9.17, 15) is 4.79 Å². The Morgan fingerprint density at radius 1 is 1.19 bits per heavy atom. The first kappa shape index (κ1) is 15.9. The highest BCUT2D eigenvalue weighted by Gasteiger charge is 2.40. The SMILES string of the molecule is CC(=O)c1ccc2c(c1)[C@@H]1C=CC[C@@H]1[C@H](c1cc(Br)cc3c1OCO3)N2. The van der Waals surface area contributed by atoms with Crippen molar-refractivity contribution in [2.45, 2.75) is 25.3 Å². The number of hydrogen-bond acceptors (Lipinski definition) is 4. The van der Waals surface area contributed by atoms with Crippen LogP contribution in [0.15, 0.2) is 47.0 Å². The van der Waals surface area contributed by atoms with Crippen molar-refractivity contribution in [3.8, 4) is 11.5 Å². The van der Waals surface area contributed by atoms with Crippen molar-refractivity contribution < 1.29 is 14.3 Å². The maximum atomic E-state index is 11.8. The number of Topliss-reactive ketones (excluding diaryl/α,β-unsaturated/α-hetero) is 1. The number of anilines is 1. The van der Waals surface area contributed by atoms with Gasteiger partial charge in [0.15, 0.2) is 17.3 Å². The van der Waals surface area contributed by atoms with E-state index in [-0.39, 0.29) is 18.6 Å². The van der Waals surface area contributed by atoms with Gasteiger partial charge < -0.3 is 14.8 Å². The number of carbonyl (C=O) groups excluding carboxylic acids is 1. The molecule has 1 aliphatic carbocycles. The average Bonchev–Trinajstić information content (AvgIpc) is 3.29. The lowest BCUT2D eigenvalue weighted by atomic mass is 9.76. The number of halogens is 1. The summed E-state index contributed by atoms with van der Waals surface area (Å²) in [5.41, 5.74) is 4.17. The summed E-state index contributed by atoms with van der Waals surface area (Å²) in [6, 6.07) is 10.2. The third-order valence-electron chi connectivity index (χ3n) is 5.57. The maximum Gasteiger partial charge on any atom is 0.231 e. The average molecular weight is 412 g/mol. The molecule has 0 unspecified atom stereocenters. The number of fused-ring (bicyclic) bond motifs is 4. The Kier molecular flexibility index (Phi) is 3.60. The quantitative estimate of drug-likeness (QED) is 0.544. The van der Waals surface area contributed by atoms with Crippen LogP contribution in [0.1, 0.15) is 46.8 Å². The molecule has 0 amide bonds. The molecule has 3 aliphatic rings. The van der Waals surface area contributed by atoms with Crippen LogP contribution in [0.25, 0.3) is 0 Å². The van der Waals surface area contributed by atoms with Gasteiger partial charge in [-0.1, -0.05) is 28.1 Å². The summed E-state index contributed by atoms with van der Waals surface area (Å²) in [6.45, 7) is 1.88. The summed E-state index contributed by atoms with van der Waals surface area (Å²) in [7, 11) is 0. The van der Waals surface area contributed by atoms with Crippen molar-refractivity contribution in [2.75, 3.05) is 12.1 Å². The van der Waals surface area contributed by atoms with Gasteiger partial charge in [-0.2, -0.15) is 0 Å². The summed E-state index contributed by atoms with van der Waals surface area (Å²) in [4.78, 5) is 11.8. The third-order valence-corrected chi connectivity index (χ3v) is 6.03. The molecular formula is C21H18BrNO3. The molecule has 0 spiro atoms. The summed E-state index contributed by atoms with van der Waals surface area (Å²) in [6.07, 6.45) is 5.51. The molecular weight excluding hydrogens is 394 g/mol. The van der Waals surface area contributed by atoms with Crippen LogP contribution in [0.5, 0.6) is 11.5 Å². The predicted molar refractivity (Wildman–Crippen MR) is 103 cm³/mol. The van der Waals surface area contributed by atoms with Crippen LogP contribution < -0.4 is 14.8 Å². The fourth-order valence-corrected chi connectivity index (χ4v) is 4.81. The van der Waals surface area contributed by atoms with Gasteiger partial charge in [0, 0.05) is 27.2 Å². The van der Waals surface area contributed by atoms with E-state index in [0.717, 1.165) is 39.2 Å². The summed E-state index contributed by atoms with van der Waals surface area (Å²) in [5, 5.41) is 3.70. The number of benzene rings is 2. The van der Waals surface area contributed by atoms with Gasteiger partial charge in [0.05, 0.1) is 6.04 Å². The van der Waals surface area contributed by atoms with E-state index < -0.39 is 0 Å². The summed E-state index contributed by atoms with van der Waals surface area (Å²) < 4.78 is 12.4. The predicted octanol–water partition coefficient (Wildman–Crippen LogP) is 5.21. The minimum absolute atomic E-state index is 0.101. The minimum Gasteiger partial charge on any atom is -0.454 e. The summed E-state index contributed by atoms with van der Waals surface area (Å²) in [5.74, 6) is 2.40. The lowest BCUT2D eigenvalue weighted by Crippen LogP contribution is -2.29. The van der Waals surface area contributed by atoms with Crippen molar-refractivity contribution in [2.24, 2.45) is 5.92 Å². The molecule has 132 valence electrons.